The number of amides is 4. The highest BCUT2D eigenvalue weighted by molar-refractivity contribution is 6.62. The molecule has 5 aliphatic rings. The zero-order valence-corrected chi connectivity index (χ0v) is 51.7. The molecule has 0 saturated carbocycles. The lowest BCUT2D eigenvalue weighted by molar-refractivity contribution is -0.143. The summed E-state index contributed by atoms with van der Waals surface area (Å²) in [7, 11) is -0.556. The summed E-state index contributed by atoms with van der Waals surface area (Å²) in [4.78, 5) is 49.8. The number of benzene rings is 2. The second-order valence-electron chi connectivity index (χ2n) is 23.8. The van der Waals surface area contributed by atoms with Crippen molar-refractivity contribution in [1.29, 1.82) is 0 Å². The summed E-state index contributed by atoms with van der Waals surface area (Å²) >= 11 is 6.16. The minimum absolute atomic E-state index is 0.0866. The van der Waals surface area contributed by atoms with Crippen molar-refractivity contribution < 1.29 is 59.1 Å². The predicted octanol–water partition coefficient (Wildman–Crippen LogP) is 13.8. The molecule has 5 saturated heterocycles. The number of halogens is 8. The van der Waals surface area contributed by atoms with E-state index in [1.165, 1.54) is 29.4 Å². The van der Waals surface area contributed by atoms with Crippen molar-refractivity contribution in [3.63, 3.8) is 0 Å². The van der Waals surface area contributed by atoms with Gasteiger partial charge in [0.15, 0.2) is 0 Å². The third kappa shape index (κ3) is 17.2. The third-order valence-corrected chi connectivity index (χ3v) is 17.2. The fraction of sp³-hybridized carbons (Fsp3) is 0.469. The monoisotopic (exact) mass is 1260 g/mol. The van der Waals surface area contributed by atoms with Gasteiger partial charge in [0, 0.05) is 98.7 Å². The summed E-state index contributed by atoms with van der Waals surface area (Å²) in [5, 5.41) is 6.37. The van der Waals surface area contributed by atoms with Crippen LogP contribution in [-0.4, -0.2) is 145 Å². The number of anilines is 4. The van der Waals surface area contributed by atoms with Gasteiger partial charge in [-0.15, -0.1) is 0 Å². The number of hydrogen-bond acceptors (Lipinski definition) is 12. The summed E-state index contributed by atoms with van der Waals surface area (Å²) < 4.78 is 113. The smallest absolute Gasteiger partial charge is 0.399 e. The van der Waals surface area contributed by atoms with Gasteiger partial charge in [-0.05, 0) is 161 Å². The van der Waals surface area contributed by atoms with Gasteiger partial charge in [0.05, 0.1) is 49.0 Å². The minimum atomic E-state index is -4.20. The van der Waals surface area contributed by atoms with Crippen LogP contribution in [-0.2, 0) is 18.8 Å². The van der Waals surface area contributed by atoms with Crippen LogP contribution in [0.4, 0.5) is 63.3 Å². The Morgan fingerprint density at radius 2 is 1.11 bits per heavy atom. The Balaban J connectivity index is 0.000000165. The number of pyridine rings is 4. The van der Waals surface area contributed by atoms with E-state index in [9.17, 15) is 40.3 Å². The molecule has 89 heavy (non-hydrogen) atoms. The van der Waals surface area contributed by atoms with E-state index in [1.807, 2.05) is 82.8 Å². The molecule has 2 aromatic carbocycles. The van der Waals surface area contributed by atoms with E-state index in [0.717, 1.165) is 78.4 Å². The summed E-state index contributed by atoms with van der Waals surface area (Å²) in [6.07, 6.45) is -5.12. The van der Waals surface area contributed by atoms with Gasteiger partial charge in [-0.3, -0.25) is 9.97 Å². The molecule has 16 nitrogen and oxygen atoms in total. The number of hydrogen-bond donors (Lipinski definition) is 2. The van der Waals surface area contributed by atoms with Crippen molar-refractivity contribution in [2.75, 3.05) is 99.2 Å². The largest absolute Gasteiger partial charge is 0.495 e. The second kappa shape index (κ2) is 28.8. The van der Waals surface area contributed by atoms with E-state index in [-0.39, 0.29) is 24.0 Å². The van der Waals surface area contributed by atoms with Crippen molar-refractivity contribution in [1.82, 2.24) is 29.7 Å². The van der Waals surface area contributed by atoms with E-state index in [1.54, 1.807) is 36.4 Å². The molecule has 476 valence electrons. The first-order valence-corrected chi connectivity index (χ1v) is 30.3. The molecule has 0 bridgehead atoms. The molecule has 9 heterocycles. The van der Waals surface area contributed by atoms with Crippen LogP contribution in [0.5, 0.6) is 0 Å². The first-order chi connectivity index (χ1) is 42.3. The molecular formula is C64H75BClF7N10O6. The van der Waals surface area contributed by atoms with E-state index in [4.69, 9.17) is 35.4 Å². The molecule has 0 spiro atoms. The number of morpholine rings is 2. The molecule has 2 N–H and O–H groups in total. The zero-order valence-electron chi connectivity index (χ0n) is 51.0. The van der Waals surface area contributed by atoms with Crippen LogP contribution in [0.25, 0.3) is 33.6 Å². The number of carbonyl (C=O) groups is 2. The molecule has 11 rings (SSSR count). The molecule has 6 aromatic rings. The first kappa shape index (κ1) is 66.3. The topological polar surface area (TPSA) is 160 Å². The maximum Gasteiger partial charge on any atom is 0.495 e. The SMILES string of the molecule is CC[C@@H]1CCN(C(=O)Nc2ccc(C)c(-c3cc(-c4ccnc(C(F)F)c4)nc(N4CCOCC4)c3)c2)C1.Cc1ccc(NC(=O)N2CC[C@@H](CC(F)(F)F)C2)cc1B1OC(C)(C)C(C)(C)O1.FC(F)c1cc(-c2cc(Cl)cc(N3CCOCC3)n2)ccn1. The highest BCUT2D eigenvalue weighted by Gasteiger charge is 2.52. The van der Waals surface area contributed by atoms with Crippen LogP contribution in [0.1, 0.15) is 95.7 Å². The Morgan fingerprint density at radius 3 is 1.62 bits per heavy atom. The summed E-state index contributed by atoms with van der Waals surface area (Å²) in [6, 6.07) is 24.3. The molecule has 5 fully saturated rings. The lowest BCUT2D eigenvalue weighted by Crippen LogP contribution is -2.41. The molecule has 0 unspecified atom stereocenters. The molecule has 2 atom stereocenters. The summed E-state index contributed by atoms with van der Waals surface area (Å²) in [6.45, 7) is 21.3. The van der Waals surface area contributed by atoms with Crippen LogP contribution in [0.15, 0.2) is 97.3 Å². The number of aryl methyl sites for hydroxylation is 2. The molecule has 4 amide bonds. The third-order valence-electron chi connectivity index (χ3n) is 16.9. The Labute approximate surface area is 520 Å². The number of carbonyl (C=O) groups excluding carboxylic acids is 2. The normalized spacial score (nSPS) is 19.0. The number of alkyl halides is 7. The average molecular weight is 1260 g/mol. The van der Waals surface area contributed by atoms with Gasteiger partial charge >= 0.3 is 25.4 Å². The molecule has 25 heteroatoms. The number of likely N-dealkylation sites (tertiary alicyclic amines) is 2. The van der Waals surface area contributed by atoms with E-state index in [0.29, 0.717) is 97.3 Å². The summed E-state index contributed by atoms with van der Waals surface area (Å²) in [5.74, 6) is 1.50. The zero-order chi connectivity index (χ0) is 63.8. The van der Waals surface area contributed by atoms with Crippen LogP contribution in [0, 0.1) is 25.7 Å². The first-order valence-electron chi connectivity index (χ1n) is 29.9. The number of nitrogens with zero attached hydrogens (tertiary/aromatic N) is 8. The van der Waals surface area contributed by atoms with Crippen molar-refractivity contribution in [2.45, 2.75) is 104 Å². The quantitative estimate of drug-likeness (QED) is 0.0883. The Kier molecular flexibility index (Phi) is 21.5. The van der Waals surface area contributed by atoms with Crippen LogP contribution < -0.4 is 25.9 Å². The van der Waals surface area contributed by atoms with Crippen LogP contribution >= 0.6 is 11.6 Å². The lowest BCUT2D eigenvalue weighted by atomic mass is 9.76. The van der Waals surface area contributed by atoms with Crippen molar-refractivity contribution in [2.24, 2.45) is 11.8 Å². The number of urea groups is 2. The predicted molar refractivity (Wildman–Crippen MR) is 331 cm³/mol. The Bertz CT molecular complexity index is 3410. The highest BCUT2D eigenvalue weighted by Crippen LogP contribution is 2.39. The van der Waals surface area contributed by atoms with Crippen LogP contribution in [0.2, 0.25) is 5.02 Å². The maximum absolute atomic E-state index is 13.4. The fourth-order valence-electron chi connectivity index (χ4n) is 11.0. The molecule has 0 radical (unpaired) electrons. The summed E-state index contributed by atoms with van der Waals surface area (Å²) in [5.41, 5.74) is 6.70. The number of ether oxygens (including phenoxy) is 2. The fourth-order valence-corrected chi connectivity index (χ4v) is 11.2. The van der Waals surface area contributed by atoms with Crippen molar-refractivity contribution in [3.8, 4) is 33.6 Å². The van der Waals surface area contributed by atoms with Gasteiger partial charge in [0.2, 0.25) is 0 Å². The van der Waals surface area contributed by atoms with E-state index >= 15 is 0 Å². The Hall–Kier alpha value is -7.12. The van der Waals surface area contributed by atoms with Crippen molar-refractivity contribution >= 4 is 59.3 Å². The highest BCUT2D eigenvalue weighted by atomic mass is 35.5. The Morgan fingerprint density at radius 1 is 0.629 bits per heavy atom. The van der Waals surface area contributed by atoms with Gasteiger partial charge in [0.1, 0.15) is 23.0 Å². The molecular weight excluding hydrogens is 1180 g/mol. The van der Waals surface area contributed by atoms with E-state index in [2.05, 4.69) is 42.3 Å². The van der Waals surface area contributed by atoms with Gasteiger partial charge in [-0.2, -0.15) is 13.2 Å². The van der Waals surface area contributed by atoms with Gasteiger partial charge in [-0.1, -0.05) is 42.6 Å². The van der Waals surface area contributed by atoms with Crippen LogP contribution in [0.3, 0.4) is 0 Å². The second-order valence-corrected chi connectivity index (χ2v) is 24.3. The molecule has 5 aliphatic heterocycles. The average Bonchev–Trinajstić information content (AvgIpc) is 1.78. The molecule has 4 aromatic heterocycles. The molecule has 0 aliphatic carbocycles. The lowest BCUT2D eigenvalue weighted by Gasteiger charge is -2.32. The van der Waals surface area contributed by atoms with Gasteiger partial charge < -0.3 is 49.0 Å². The van der Waals surface area contributed by atoms with Gasteiger partial charge in [-0.25, -0.2) is 37.1 Å². The van der Waals surface area contributed by atoms with Gasteiger partial charge in [0.25, 0.3) is 12.9 Å². The minimum Gasteiger partial charge on any atom is -0.399 e. The maximum atomic E-state index is 13.4. The number of rotatable bonds is 12. The van der Waals surface area contributed by atoms with E-state index < -0.39 is 55.7 Å². The number of aromatic nitrogens is 4. The number of nitrogens with one attached hydrogen (secondary N) is 2. The van der Waals surface area contributed by atoms with Crippen molar-refractivity contribution in [3.05, 3.63) is 125 Å². The standard InChI is InChI=1S/C29H33F2N5O2.C20H28BF3N2O3.C15H14ClF2N3O/c1-3-20-7-9-36(18-20)29(37)33-23-5-4-19(2)24(17-23)22-15-25(21-6-8-32-26(14-21)28(30)31)34-27(16-22)35-10-12-38-13-11-35;1-13-6-7-15(10-16(13)21-28-18(2,3)19(4,5)29-21)25-17(27)26-9-8-14(12-26)11-20(22,23)24;16-11-8-12(10-1-2-19-13(7-10)15(17)18)20-14(9-11)21-3-5-22-6-4-21/h4-6,8,14-17,20,28H,3,7,9-13,18H2,1-2H3,(H,33,37);6-7,10,14H,8-9,11-12H2,1-5H3,(H,25,27);1-2,7-9,15H,3-6H2/t20-;14-;/m10./s1.